The van der Waals surface area contributed by atoms with Gasteiger partial charge in [0.25, 0.3) is 0 Å². The van der Waals surface area contributed by atoms with E-state index in [1.807, 2.05) is 0 Å². The quantitative estimate of drug-likeness (QED) is 0.499. The predicted molar refractivity (Wildman–Crippen MR) is 54.8 cm³/mol. The fraction of sp³-hybridized carbons (Fsp3) is 0.667. The van der Waals surface area contributed by atoms with Gasteiger partial charge >= 0.3 is 12.0 Å². The number of nitrogens with one attached hydrogen (secondary N) is 3. The molecule has 16 heavy (non-hydrogen) atoms. The molecule has 0 bridgehead atoms. The molecule has 1 aliphatic heterocycles. The lowest BCUT2D eigenvalue weighted by Gasteiger charge is -2.23. The van der Waals surface area contributed by atoms with E-state index in [9.17, 15) is 14.4 Å². The molecule has 7 nitrogen and oxygen atoms in total. The molecule has 0 radical (unpaired) electrons. The van der Waals surface area contributed by atoms with Crippen LogP contribution in [0.4, 0.5) is 4.79 Å². The molecule has 0 saturated carbocycles. The molecule has 1 fully saturated rings. The summed E-state index contributed by atoms with van der Waals surface area (Å²) in [4.78, 5) is 33.1. The van der Waals surface area contributed by atoms with Crippen LogP contribution < -0.4 is 16.0 Å². The van der Waals surface area contributed by atoms with Gasteiger partial charge in [-0.1, -0.05) is 0 Å². The highest BCUT2D eigenvalue weighted by atomic mass is 16.4. The second-order valence-electron chi connectivity index (χ2n) is 3.66. The zero-order valence-electron chi connectivity index (χ0n) is 8.95. The highest BCUT2D eigenvalue weighted by molar-refractivity contribution is 5.89. The SMILES string of the molecule is C[C@H](NC(=O)NC1CCCNC1=O)C(=O)O. The molecule has 1 aliphatic rings. The first-order chi connectivity index (χ1) is 7.50. The molecule has 2 atom stereocenters. The molecule has 0 aromatic carbocycles. The van der Waals surface area contributed by atoms with Crippen molar-refractivity contribution >= 4 is 17.9 Å². The molecule has 1 saturated heterocycles. The Labute approximate surface area is 92.6 Å². The number of carbonyl (C=O) groups excluding carboxylic acids is 2. The van der Waals surface area contributed by atoms with Gasteiger partial charge in [-0.15, -0.1) is 0 Å². The Hall–Kier alpha value is -1.79. The lowest BCUT2D eigenvalue weighted by molar-refractivity contribution is -0.138. The van der Waals surface area contributed by atoms with Crippen LogP contribution in [0.3, 0.4) is 0 Å². The molecule has 0 spiro atoms. The number of aliphatic carboxylic acids is 1. The Kier molecular flexibility index (Phi) is 4.10. The summed E-state index contributed by atoms with van der Waals surface area (Å²) in [7, 11) is 0. The summed E-state index contributed by atoms with van der Waals surface area (Å²) in [6, 6.07) is -2.20. The van der Waals surface area contributed by atoms with Crippen LogP contribution in [0.15, 0.2) is 0 Å². The van der Waals surface area contributed by atoms with Gasteiger partial charge in [0.15, 0.2) is 0 Å². The molecule has 0 aromatic heterocycles. The molecule has 3 amide bonds. The van der Waals surface area contributed by atoms with Crippen molar-refractivity contribution in [2.75, 3.05) is 6.54 Å². The average Bonchev–Trinajstić information content (AvgIpc) is 2.21. The van der Waals surface area contributed by atoms with E-state index in [2.05, 4.69) is 16.0 Å². The molecule has 1 rings (SSSR count). The van der Waals surface area contributed by atoms with E-state index < -0.39 is 24.1 Å². The van der Waals surface area contributed by atoms with Crippen LogP contribution in [0, 0.1) is 0 Å². The van der Waals surface area contributed by atoms with Gasteiger partial charge in [0.05, 0.1) is 0 Å². The van der Waals surface area contributed by atoms with Gasteiger partial charge in [0.2, 0.25) is 5.91 Å². The largest absolute Gasteiger partial charge is 0.480 e. The second-order valence-corrected chi connectivity index (χ2v) is 3.66. The molecule has 1 heterocycles. The average molecular weight is 229 g/mol. The predicted octanol–water partition coefficient (Wildman–Crippen LogP) is -0.963. The van der Waals surface area contributed by atoms with Crippen molar-refractivity contribution in [3.8, 4) is 0 Å². The lowest BCUT2D eigenvalue weighted by Crippen LogP contribution is -2.54. The number of hydrogen-bond donors (Lipinski definition) is 4. The summed E-state index contributed by atoms with van der Waals surface area (Å²) in [5.41, 5.74) is 0. The number of amides is 3. The van der Waals surface area contributed by atoms with Crippen LogP contribution in [0.5, 0.6) is 0 Å². The third-order valence-electron chi connectivity index (χ3n) is 2.31. The molecule has 0 aromatic rings. The molecule has 7 heteroatoms. The number of rotatable bonds is 3. The Morgan fingerprint density at radius 2 is 2.25 bits per heavy atom. The first-order valence-corrected chi connectivity index (χ1v) is 5.08. The zero-order chi connectivity index (χ0) is 12.1. The van der Waals surface area contributed by atoms with E-state index in [4.69, 9.17) is 5.11 Å². The standard InChI is InChI=1S/C9H15N3O4/c1-5(8(14)15)11-9(16)12-6-3-2-4-10-7(6)13/h5-6H,2-4H2,1H3,(H,10,13)(H,14,15)(H2,11,12,16)/t5-,6?/m0/s1. The first kappa shape index (κ1) is 12.3. The van der Waals surface area contributed by atoms with Crippen molar-refractivity contribution in [2.24, 2.45) is 0 Å². The van der Waals surface area contributed by atoms with E-state index in [-0.39, 0.29) is 5.91 Å². The highest BCUT2D eigenvalue weighted by Crippen LogP contribution is 2.02. The molecule has 90 valence electrons. The Morgan fingerprint density at radius 1 is 1.56 bits per heavy atom. The highest BCUT2D eigenvalue weighted by Gasteiger charge is 2.24. The van der Waals surface area contributed by atoms with Gasteiger partial charge in [-0.2, -0.15) is 0 Å². The normalized spacial score (nSPS) is 21.8. The van der Waals surface area contributed by atoms with Crippen LogP contribution in [0.2, 0.25) is 0 Å². The summed E-state index contributed by atoms with van der Waals surface area (Å²) in [6.45, 7) is 1.97. The topological polar surface area (TPSA) is 108 Å². The van der Waals surface area contributed by atoms with Crippen molar-refractivity contribution in [1.82, 2.24) is 16.0 Å². The number of urea groups is 1. The number of carbonyl (C=O) groups is 3. The maximum Gasteiger partial charge on any atom is 0.325 e. The van der Waals surface area contributed by atoms with Crippen LogP contribution in [0.1, 0.15) is 19.8 Å². The zero-order valence-corrected chi connectivity index (χ0v) is 8.95. The minimum atomic E-state index is -1.12. The van der Waals surface area contributed by atoms with Crippen molar-refractivity contribution in [1.29, 1.82) is 0 Å². The molecule has 4 N–H and O–H groups in total. The van der Waals surface area contributed by atoms with E-state index >= 15 is 0 Å². The Morgan fingerprint density at radius 3 is 2.81 bits per heavy atom. The smallest absolute Gasteiger partial charge is 0.325 e. The monoisotopic (exact) mass is 229 g/mol. The van der Waals surface area contributed by atoms with Crippen LogP contribution in [-0.2, 0) is 9.59 Å². The second kappa shape index (κ2) is 5.34. The first-order valence-electron chi connectivity index (χ1n) is 5.08. The summed E-state index contributed by atoms with van der Waals surface area (Å²) in [6.07, 6.45) is 1.37. The van der Waals surface area contributed by atoms with E-state index in [1.54, 1.807) is 0 Å². The summed E-state index contributed by atoms with van der Waals surface area (Å²) < 4.78 is 0. The van der Waals surface area contributed by atoms with Crippen molar-refractivity contribution in [3.05, 3.63) is 0 Å². The molecular weight excluding hydrogens is 214 g/mol. The summed E-state index contributed by atoms with van der Waals surface area (Å²) in [5, 5.41) is 15.8. The van der Waals surface area contributed by atoms with Crippen molar-refractivity contribution < 1.29 is 19.5 Å². The summed E-state index contributed by atoms with van der Waals surface area (Å²) in [5.74, 6) is -1.35. The van der Waals surface area contributed by atoms with E-state index in [1.165, 1.54) is 6.92 Å². The number of piperidine rings is 1. The maximum absolute atomic E-state index is 11.3. The minimum absolute atomic E-state index is 0.232. The molecular formula is C9H15N3O4. The van der Waals surface area contributed by atoms with Gasteiger partial charge in [-0.25, -0.2) is 4.79 Å². The van der Waals surface area contributed by atoms with Crippen molar-refractivity contribution in [3.63, 3.8) is 0 Å². The minimum Gasteiger partial charge on any atom is -0.480 e. The van der Waals surface area contributed by atoms with Crippen LogP contribution in [0.25, 0.3) is 0 Å². The van der Waals surface area contributed by atoms with E-state index in [0.29, 0.717) is 13.0 Å². The maximum atomic E-state index is 11.3. The molecule has 0 aliphatic carbocycles. The lowest BCUT2D eigenvalue weighted by atomic mass is 10.1. The third-order valence-corrected chi connectivity index (χ3v) is 2.31. The number of carboxylic acids is 1. The van der Waals surface area contributed by atoms with Gasteiger partial charge in [-0.3, -0.25) is 9.59 Å². The number of carboxylic acid groups (broad SMARTS) is 1. The molecule has 1 unspecified atom stereocenters. The van der Waals surface area contributed by atoms with Gasteiger partial charge in [0.1, 0.15) is 12.1 Å². The van der Waals surface area contributed by atoms with Crippen LogP contribution in [-0.4, -0.2) is 41.6 Å². The van der Waals surface area contributed by atoms with Gasteiger partial charge in [-0.05, 0) is 19.8 Å². The fourth-order valence-electron chi connectivity index (χ4n) is 1.37. The van der Waals surface area contributed by atoms with Crippen molar-refractivity contribution in [2.45, 2.75) is 31.8 Å². The Balaban J connectivity index is 2.38. The fourth-order valence-corrected chi connectivity index (χ4v) is 1.37. The van der Waals surface area contributed by atoms with Gasteiger partial charge in [0, 0.05) is 6.54 Å². The summed E-state index contributed by atoms with van der Waals surface area (Å²) >= 11 is 0. The Bertz CT molecular complexity index is 305. The van der Waals surface area contributed by atoms with Crippen LogP contribution >= 0.6 is 0 Å². The van der Waals surface area contributed by atoms with Gasteiger partial charge < -0.3 is 21.1 Å². The third kappa shape index (κ3) is 3.41. The van der Waals surface area contributed by atoms with E-state index in [0.717, 1.165) is 6.42 Å². The number of hydrogen-bond acceptors (Lipinski definition) is 3.